The van der Waals surface area contributed by atoms with Crippen molar-refractivity contribution in [3.8, 4) is 11.3 Å². The molecule has 2 heterocycles. The lowest BCUT2D eigenvalue weighted by atomic mass is 10.0. The van der Waals surface area contributed by atoms with Crippen LogP contribution in [0.4, 0.5) is 5.69 Å². The predicted octanol–water partition coefficient (Wildman–Crippen LogP) is 2.21. The Labute approximate surface area is 118 Å². The van der Waals surface area contributed by atoms with E-state index in [2.05, 4.69) is 35.1 Å². The van der Waals surface area contributed by atoms with Crippen molar-refractivity contribution in [1.29, 1.82) is 0 Å². The molecule has 0 saturated heterocycles. The van der Waals surface area contributed by atoms with E-state index in [9.17, 15) is 5.11 Å². The van der Waals surface area contributed by atoms with Gasteiger partial charge in [0.2, 0.25) is 0 Å². The van der Waals surface area contributed by atoms with Gasteiger partial charge in [0.25, 0.3) is 0 Å². The maximum Gasteiger partial charge on any atom is 0.0738 e. The summed E-state index contributed by atoms with van der Waals surface area (Å²) in [6, 6.07) is 10.1. The molecule has 104 valence electrons. The molecule has 1 aromatic heterocycles. The van der Waals surface area contributed by atoms with Crippen molar-refractivity contribution in [2.24, 2.45) is 0 Å². The van der Waals surface area contributed by atoms with E-state index >= 15 is 0 Å². The monoisotopic (exact) mass is 270 g/mol. The van der Waals surface area contributed by atoms with Gasteiger partial charge in [-0.3, -0.25) is 4.98 Å². The van der Waals surface area contributed by atoms with E-state index in [0.717, 1.165) is 30.0 Å². The Balaban J connectivity index is 2.01. The highest BCUT2D eigenvalue weighted by Gasteiger charge is 2.13. The van der Waals surface area contributed by atoms with E-state index in [0.29, 0.717) is 6.61 Å². The molecular formula is C16H18N2O2. The van der Waals surface area contributed by atoms with Crippen LogP contribution < -0.4 is 4.90 Å². The highest BCUT2D eigenvalue weighted by atomic mass is 16.5. The van der Waals surface area contributed by atoms with Crippen molar-refractivity contribution in [1.82, 2.24) is 4.98 Å². The zero-order valence-electron chi connectivity index (χ0n) is 11.5. The van der Waals surface area contributed by atoms with Gasteiger partial charge in [0.15, 0.2) is 0 Å². The molecule has 20 heavy (non-hydrogen) atoms. The van der Waals surface area contributed by atoms with Crippen LogP contribution in [0, 0.1) is 0 Å². The number of rotatable bonds is 2. The fourth-order valence-corrected chi connectivity index (χ4v) is 2.47. The van der Waals surface area contributed by atoms with Crippen molar-refractivity contribution in [2.75, 3.05) is 25.1 Å². The van der Waals surface area contributed by atoms with Gasteiger partial charge >= 0.3 is 0 Å². The van der Waals surface area contributed by atoms with Crippen molar-refractivity contribution in [2.45, 2.75) is 13.2 Å². The molecule has 0 radical (unpaired) electrons. The molecule has 1 aliphatic heterocycles. The molecule has 0 aliphatic carbocycles. The summed E-state index contributed by atoms with van der Waals surface area (Å²) in [4.78, 5) is 6.60. The zero-order valence-corrected chi connectivity index (χ0v) is 11.5. The summed E-state index contributed by atoms with van der Waals surface area (Å²) in [5.74, 6) is 0. The zero-order chi connectivity index (χ0) is 13.9. The van der Waals surface area contributed by atoms with Gasteiger partial charge in [0.1, 0.15) is 0 Å². The van der Waals surface area contributed by atoms with Crippen molar-refractivity contribution >= 4 is 5.69 Å². The number of aliphatic hydroxyl groups is 1. The third-order valence-corrected chi connectivity index (χ3v) is 3.62. The molecule has 0 saturated carbocycles. The average molecular weight is 270 g/mol. The molecular weight excluding hydrogens is 252 g/mol. The van der Waals surface area contributed by atoms with Crippen molar-refractivity contribution < 1.29 is 9.84 Å². The van der Waals surface area contributed by atoms with E-state index in [4.69, 9.17) is 4.74 Å². The fraction of sp³-hybridized carbons (Fsp3) is 0.312. The lowest BCUT2D eigenvalue weighted by molar-refractivity contribution is 0.133. The predicted molar refractivity (Wildman–Crippen MR) is 78.5 cm³/mol. The van der Waals surface area contributed by atoms with E-state index in [1.807, 2.05) is 12.1 Å². The first-order chi connectivity index (χ1) is 9.78. The first-order valence-electron chi connectivity index (χ1n) is 6.76. The quantitative estimate of drug-likeness (QED) is 0.908. The number of aliphatic hydroxyl groups excluding tert-OH is 1. The Morgan fingerprint density at radius 2 is 2.20 bits per heavy atom. The number of benzene rings is 1. The van der Waals surface area contributed by atoms with Gasteiger partial charge in [-0.2, -0.15) is 0 Å². The van der Waals surface area contributed by atoms with Crippen LogP contribution in [0.3, 0.4) is 0 Å². The van der Waals surface area contributed by atoms with E-state index in [1.165, 1.54) is 11.3 Å². The minimum Gasteiger partial charge on any atom is -0.392 e. The SMILES string of the molecule is CN1CCOCc2cc(-c3cc(CO)ccn3)ccc21. The van der Waals surface area contributed by atoms with Crippen LogP contribution >= 0.6 is 0 Å². The summed E-state index contributed by atoms with van der Waals surface area (Å²) in [6.07, 6.45) is 1.73. The molecule has 0 unspecified atom stereocenters. The molecule has 2 aromatic rings. The molecule has 3 rings (SSSR count). The van der Waals surface area contributed by atoms with Crippen LogP contribution in [0.1, 0.15) is 11.1 Å². The highest BCUT2D eigenvalue weighted by molar-refractivity contribution is 5.67. The van der Waals surface area contributed by atoms with Gasteiger partial charge in [-0.15, -0.1) is 0 Å². The average Bonchev–Trinajstić information content (AvgIpc) is 2.69. The number of aromatic nitrogens is 1. The van der Waals surface area contributed by atoms with Crippen LogP contribution in [0.25, 0.3) is 11.3 Å². The number of pyridine rings is 1. The fourth-order valence-electron chi connectivity index (χ4n) is 2.47. The largest absolute Gasteiger partial charge is 0.392 e. The second-order valence-corrected chi connectivity index (χ2v) is 5.03. The second kappa shape index (κ2) is 5.61. The van der Waals surface area contributed by atoms with Crippen LogP contribution in [-0.4, -0.2) is 30.3 Å². The number of nitrogens with zero attached hydrogens (tertiary/aromatic N) is 2. The number of ether oxygens (including phenoxy) is 1. The summed E-state index contributed by atoms with van der Waals surface area (Å²) in [5.41, 5.74) is 5.20. The third-order valence-electron chi connectivity index (χ3n) is 3.62. The van der Waals surface area contributed by atoms with E-state index in [-0.39, 0.29) is 6.61 Å². The van der Waals surface area contributed by atoms with Gasteiger partial charge in [-0.25, -0.2) is 0 Å². The van der Waals surface area contributed by atoms with Crippen LogP contribution in [0.2, 0.25) is 0 Å². The number of fused-ring (bicyclic) bond motifs is 1. The summed E-state index contributed by atoms with van der Waals surface area (Å²) in [7, 11) is 2.08. The maximum absolute atomic E-state index is 9.22. The van der Waals surface area contributed by atoms with Gasteiger partial charge in [-0.05, 0) is 29.8 Å². The van der Waals surface area contributed by atoms with E-state index in [1.54, 1.807) is 6.20 Å². The Hall–Kier alpha value is -1.91. The topological polar surface area (TPSA) is 45.6 Å². The minimum absolute atomic E-state index is 0.0340. The smallest absolute Gasteiger partial charge is 0.0738 e. The summed E-state index contributed by atoms with van der Waals surface area (Å²) < 4.78 is 5.63. The lowest BCUT2D eigenvalue weighted by Crippen LogP contribution is -2.20. The van der Waals surface area contributed by atoms with Crippen molar-refractivity contribution in [3.63, 3.8) is 0 Å². The number of hydrogen-bond acceptors (Lipinski definition) is 4. The molecule has 1 N–H and O–H groups in total. The molecule has 0 fully saturated rings. The molecule has 0 bridgehead atoms. The summed E-state index contributed by atoms with van der Waals surface area (Å²) in [5, 5.41) is 9.22. The van der Waals surface area contributed by atoms with Crippen LogP contribution in [-0.2, 0) is 18.0 Å². The molecule has 4 heteroatoms. The Bertz CT molecular complexity index is 613. The molecule has 0 amide bonds. The van der Waals surface area contributed by atoms with Gasteiger partial charge < -0.3 is 14.7 Å². The Morgan fingerprint density at radius 1 is 1.30 bits per heavy atom. The van der Waals surface area contributed by atoms with Gasteiger partial charge in [0.05, 0.1) is 25.5 Å². The number of hydrogen-bond donors (Lipinski definition) is 1. The first kappa shape index (κ1) is 13.1. The molecule has 4 nitrogen and oxygen atoms in total. The lowest BCUT2D eigenvalue weighted by Gasteiger charge is -2.18. The van der Waals surface area contributed by atoms with Crippen LogP contribution in [0.15, 0.2) is 36.5 Å². The normalized spacial score (nSPS) is 14.8. The van der Waals surface area contributed by atoms with Crippen molar-refractivity contribution in [3.05, 3.63) is 47.7 Å². The summed E-state index contributed by atoms with van der Waals surface area (Å²) in [6.45, 7) is 2.32. The summed E-state index contributed by atoms with van der Waals surface area (Å²) >= 11 is 0. The van der Waals surface area contributed by atoms with E-state index < -0.39 is 0 Å². The molecule has 1 aliphatic rings. The Kier molecular flexibility index (Phi) is 3.67. The number of likely N-dealkylation sites (N-methyl/N-ethyl adjacent to an activating group) is 1. The third kappa shape index (κ3) is 2.53. The van der Waals surface area contributed by atoms with Gasteiger partial charge in [-0.1, -0.05) is 6.07 Å². The number of anilines is 1. The molecule has 0 spiro atoms. The second-order valence-electron chi connectivity index (χ2n) is 5.03. The minimum atomic E-state index is 0.0340. The van der Waals surface area contributed by atoms with Crippen LogP contribution in [0.5, 0.6) is 0 Å². The standard InChI is InChI=1S/C16H18N2O2/c1-18-6-7-20-11-14-9-13(2-3-16(14)18)15-8-12(10-19)4-5-17-15/h2-5,8-9,19H,6-7,10-11H2,1H3. The Morgan fingerprint density at radius 3 is 3.05 bits per heavy atom. The maximum atomic E-state index is 9.22. The molecule has 0 atom stereocenters. The highest BCUT2D eigenvalue weighted by Crippen LogP contribution is 2.28. The molecule has 1 aromatic carbocycles. The van der Waals surface area contributed by atoms with Gasteiger partial charge in [0, 0.05) is 36.6 Å². The first-order valence-corrected chi connectivity index (χ1v) is 6.76.